The van der Waals surface area contributed by atoms with Gasteiger partial charge in [-0.1, -0.05) is 23.7 Å². The van der Waals surface area contributed by atoms with Crippen LogP contribution in [0.5, 0.6) is 0 Å². The zero-order chi connectivity index (χ0) is 10.7. The van der Waals surface area contributed by atoms with Crippen LogP contribution in [0.3, 0.4) is 0 Å². The van der Waals surface area contributed by atoms with Crippen LogP contribution in [0.2, 0.25) is 5.02 Å². The standard InChI is InChI=1S/C12H16ClNO/c1-15-7-6-12(8-14-9-12)10-2-4-11(13)5-3-10/h2-5,14H,6-9H2,1H3. The second-order valence-electron chi connectivity index (χ2n) is 4.13. The first-order valence-corrected chi connectivity index (χ1v) is 5.60. The molecule has 0 radical (unpaired) electrons. The molecule has 0 spiro atoms. The molecule has 1 fully saturated rings. The van der Waals surface area contributed by atoms with Crippen LogP contribution in [0.15, 0.2) is 24.3 Å². The van der Waals surface area contributed by atoms with E-state index in [2.05, 4.69) is 17.4 Å². The Hall–Kier alpha value is -0.570. The second kappa shape index (κ2) is 4.52. The molecule has 1 N–H and O–H groups in total. The second-order valence-corrected chi connectivity index (χ2v) is 4.57. The average Bonchev–Trinajstić information content (AvgIpc) is 2.19. The van der Waals surface area contributed by atoms with Crippen molar-refractivity contribution in [1.29, 1.82) is 0 Å². The van der Waals surface area contributed by atoms with E-state index in [1.54, 1.807) is 7.11 Å². The maximum absolute atomic E-state index is 5.89. The van der Waals surface area contributed by atoms with E-state index in [-0.39, 0.29) is 5.41 Å². The fraction of sp³-hybridized carbons (Fsp3) is 0.500. The van der Waals surface area contributed by atoms with Crippen molar-refractivity contribution >= 4 is 11.6 Å². The molecule has 0 bridgehead atoms. The summed E-state index contributed by atoms with van der Waals surface area (Å²) in [6, 6.07) is 8.17. The van der Waals surface area contributed by atoms with Crippen LogP contribution in [-0.2, 0) is 10.2 Å². The van der Waals surface area contributed by atoms with Gasteiger partial charge in [0.2, 0.25) is 0 Å². The molecule has 82 valence electrons. The first-order valence-electron chi connectivity index (χ1n) is 5.23. The summed E-state index contributed by atoms with van der Waals surface area (Å²) in [7, 11) is 1.75. The highest BCUT2D eigenvalue weighted by molar-refractivity contribution is 6.30. The molecule has 3 heteroatoms. The lowest BCUT2D eigenvalue weighted by atomic mass is 9.73. The molecule has 1 aromatic rings. The summed E-state index contributed by atoms with van der Waals surface area (Å²) in [5, 5.41) is 4.13. The van der Waals surface area contributed by atoms with Gasteiger partial charge in [0.25, 0.3) is 0 Å². The topological polar surface area (TPSA) is 21.3 Å². The Morgan fingerprint density at radius 3 is 2.47 bits per heavy atom. The molecule has 1 aliphatic rings. The monoisotopic (exact) mass is 225 g/mol. The van der Waals surface area contributed by atoms with Gasteiger partial charge in [-0.2, -0.15) is 0 Å². The summed E-state index contributed by atoms with van der Waals surface area (Å²) in [6.07, 6.45) is 1.07. The number of benzene rings is 1. The summed E-state index contributed by atoms with van der Waals surface area (Å²) in [4.78, 5) is 0. The fourth-order valence-corrected chi connectivity index (χ4v) is 2.18. The molecule has 0 saturated carbocycles. The molecule has 0 aliphatic carbocycles. The van der Waals surface area contributed by atoms with Gasteiger partial charge in [0.15, 0.2) is 0 Å². The van der Waals surface area contributed by atoms with Gasteiger partial charge in [0.05, 0.1) is 0 Å². The van der Waals surface area contributed by atoms with Crippen molar-refractivity contribution in [3.05, 3.63) is 34.9 Å². The van der Waals surface area contributed by atoms with E-state index < -0.39 is 0 Å². The van der Waals surface area contributed by atoms with Crippen LogP contribution in [0.1, 0.15) is 12.0 Å². The summed E-state index contributed by atoms with van der Waals surface area (Å²) < 4.78 is 5.16. The van der Waals surface area contributed by atoms with E-state index in [9.17, 15) is 0 Å². The highest BCUT2D eigenvalue weighted by Gasteiger charge is 2.37. The molecule has 1 heterocycles. The van der Waals surface area contributed by atoms with Crippen LogP contribution in [-0.4, -0.2) is 26.8 Å². The smallest absolute Gasteiger partial charge is 0.0471 e. The third-order valence-corrected chi connectivity index (χ3v) is 3.42. The quantitative estimate of drug-likeness (QED) is 0.849. The summed E-state index contributed by atoms with van der Waals surface area (Å²) in [5.74, 6) is 0. The van der Waals surface area contributed by atoms with Crippen molar-refractivity contribution in [3.8, 4) is 0 Å². The van der Waals surface area contributed by atoms with Crippen molar-refractivity contribution < 1.29 is 4.74 Å². The third-order valence-electron chi connectivity index (χ3n) is 3.17. The highest BCUT2D eigenvalue weighted by atomic mass is 35.5. The van der Waals surface area contributed by atoms with E-state index in [0.717, 1.165) is 31.1 Å². The van der Waals surface area contributed by atoms with Crippen molar-refractivity contribution in [2.45, 2.75) is 11.8 Å². The number of hydrogen-bond acceptors (Lipinski definition) is 2. The van der Waals surface area contributed by atoms with Gasteiger partial charge in [-0.15, -0.1) is 0 Å². The largest absolute Gasteiger partial charge is 0.385 e. The third kappa shape index (κ3) is 2.17. The lowest BCUT2D eigenvalue weighted by Gasteiger charge is -2.43. The molecule has 15 heavy (non-hydrogen) atoms. The number of ether oxygens (including phenoxy) is 1. The summed E-state index contributed by atoms with van der Waals surface area (Å²) in [6.45, 7) is 2.89. The van der Waals surface area contributed by atoms with E-state index in [0.29, 0.717) is 0 Å². The summed E-state index contributed by atoms with van der Waals surface area (Å²) >= 11 is 5.89. The Morgan fingerprint density at radius 2 is 2.00 bits per heavy atom. The fourth-order valence-electron chi connectivity index (χ4n) is 2.05. The van der Waals surface area contributed by atoms with Crippen LogP contribution in [0.4, 0.5) is 0 Å². The first-order chi connectivity index (χ1) is 7.27. The van der Waals surface area contributed by atoms with Gasteiger partial charge in [0.1, 0.15) is 0 Å². The van der Waals surface area contributed by atoms with Crippen LogP contribution < -0.4 is 5.32 Å². The Morgan fingerprint density at radius 1 is 1.33 bits per heavy atom. The Labute approximate surface area is 95.6 Å². The molecule has 0 unspecified atom stereocenters. The average molecular weight is 226 g/mol. The van der Waals surface area contributed by atoms with Crippen molar-refractivity contribution in [2.75, 3.05) is 26.8 Å². The molecule has 0 amide bonds. The normalized spacial score (nSPS) is 18.5. The summed E-state index contributed by atoms with van der Waals surface area (Å²) in [5.41, 5.74) is 1.63. The van der Waals surface area contributed by atoms with E-state index in [1.165, 1.54) is 5.56 Å². The Kier molecular flexibility index (Phi) is 3.29. The number of nitrogens with one attached hydrogen (secondary N) is 1. The predicted molar refractivity (Wildman–Crippen MR) is 62.5 cm³/mol. The van der Waals surface area contributed by atoms with Gasteiger partial charge < -0.3 is 10.1 Å². The van der Waals surface area contributed by atoms with Crippen LogP contribution in [0.25, 0.3) is 0 Å². The predicted octanol–water partition coefficient (Wildman–Crippen LogP) is 2.22. The van der Waals surface area contributed by atoms with Gasteiger partial charge in [-0.3, -0.25) is 0 Å². The van der Waals surface area contributed by atoms with E-state index in [1.807, 2.05) is 12.1 Å². The molecular formula is C12H16ClNO. The number of rotatable bonds is 4. The van der Waals surface area contributed by atoms with E-state index in [4.69, 9.17) is 16.3 Å². The molecule has 2 rings (SSSR count). The Balaban J connectivity index is 2.14. The van der Waals surface area contributed by atoms with Crippen LogP contribution >= 0.6 is 11.6 Å². The molecule has 2 nitrogen and oxygen atoms in total. The molecular weight excluding hydrogens is 210 g/mol. The van der Waals surface area contributed by atoms with Crippen LogP contribution in [0, 0.1) is 0 Å². The first kappa shape index (κ1) is 10.9. The molecule has 1 aliphatic heterocycles. The number of methoxy groups -OCH3 is 1. The number of hydrogen-bond donors (Lipinski definition) is 1. The minimum absolute atomic E-state index is 0.264. The van der Waals surface area contributed by atoms with Gasteiger partial charge in [-0.05, 0) is 24.1 Å². The van der Waals surface area contributed by atoms with Gasteiger partial charge >= 0.3 is 0 Å². The van der Waals surface area contributed by atoms with Gasteiger partial charge in [0, 0.05) is 37.2 Å². The lowest BCUT2D eigenvalue weighted by Crippen LogP contribution is -2.57. The maximum atomic E-state index is 5.89. The molecule has 0 atom stereocenters. The van der Waals surface area contributed by atoms with Crippen molar-refractivity contribution in [2.24, 2.45) is 0 Å². The lowest BCUT2D eigenvalue weighted by molar-refractivity contribution is 0.142. The highest BCUT2D eigenvalue weighted by Crippen LogP contribution is 2.32. The zero-order valence-corrected chi connectivity index (χ0v) is 9.68. The SMILES string of the molecule is COCCC1(c2ccc(Cl)cc2)CNC1. The van der Waals surface area contributed by atoms with Gasteiger partial charge in [-0.25, -0.2) is 0 Å². The molecule has 1 aromatic carbocycles. The Bertz CT molecular complexity index is 319. The van der Waals surface area contributed by atoms with Crippen molar-refractivity contribution in [3.63, 3.8) is 0 Å². The maximum Gasteiger partial charge on any atom is 0.0471 e. The zero-order valence-electron chi connectivity index (χ0n) is 8.92. The minimum Gasteiger partial charge on any atom is -0.385 e. The minimum atomic E-state index is 0.264. The number of halogens is 1. The molecule has 1 saturated heterocycles. The molecule has 0 aromatic heterocycles. The van der Waals surface area contributed by atoms with E-state index >= 15 is 0 Å². The van der Waals surface area contributed by atoms with Crippen molar-refractivity contribution in [1.82, 2.24) is 5.32 Å².